The van der Waals surface area contributed by atoms with Gasteiger partial charge in [-0.3, -0.25) is 0 Å². The summed E-state index contributed by atoms with van der Waals surface area (Å²) < 4.78 is 5.92. The van der Waals surface area contributed by atoms with E-state index in [2.05, 4.69) is 37.9 Å². The highest BCUT2D eigenvalue weighted by molar-refractivity contribution is 5.77. The molecule has 3 nitrogen and oxygen atoms in total. The Morgan fingerprint density at radius 2 is 2.00 bits per heavy atom. The third kappa shape index (κ3) is 3.60. The summed E-state index contributed by atoms with van der Waals surface area (Å²) in [6.45, 7) is 7.18. The number of aryl methyl sites for hydroxylation is 3. The zero-order chi connectivity index (χ0) is 14.5. The molecule has 1 aromatic carbocycles. The highest BCUT2D eigenvalue weighted by atomic mass is 16.3. The molecular weight excluding hydrogens is 248 g/mol. The number of hydrogen-bond donors (Lipinski definition) is 1. The van der Waals surface area contributed by atoms with Crippen LogP contribution in [0, 0.1) is 19.8 Å². The Kier molecular flexibility index (Phi) is 5.18. The monoisotopic (exact) mass is 274 g/mol. The first-order valence-electron chi connectivity index (χ1n) is 7.70. The van der Waals surface area contributed by atoms with Crippen molar-refractivity contribution in [1.82, 2.24) is 4.98 Å². The molecule has 2 rings (SSSR count). The minimum absolute atomic E-state index is 0.697. The maximum absolute atomic E-state index is 5.92. The van der Waals surface area contributed by atoms with Gasteiger partial charge in [0.1, 0.15) is 5.52 Å². The molecule has 1 unspecified atom stereocenters. The molecule has 0 saturated heterocycles. The van der Waals surface area contributed by atoms with E-state index in [1.54, 1.807) is 0 Å². The van der Waals surface area contributed by atoms with Crippen LogP contribution in [0.4, 0.5) is 0 Å². The number of aromatic nitrogens is 1. The molecule has 2 aromatic rings. The summed E-state index contributed by atoms with van der Waals surface area (Å²) in [5, 5.41) is 0. The first kappa shape index (κ1) is 15.0. The zero-order valence-electron chi connectivity index (χ0n) is 12.9. The van der Waals surface area contributed by atoms with Crippen LogP contribution in [0.2, 0.25) is 0 Å². The summed E-state index contributed by atoms with van der Waals surface area (Å²) in [6.07, 6.45) is 5.60. The van der Waals surface area contributed by atoms with E-state index < -0.39 is 0 Å². The molecule has 1 heterocycles. The van der Waals surface area contributed by atoms with Crippen LogP contribution in [0.25, 0.3) is 11.1 Å². The fourth-order valence-electron chi connectivity index (χ4n) is 2.93. The molecule has 3 heteroatoms. The second-order valence-corrected chi connectivity index (χ2v) is 5.81. The van der Waals surface area contributed by atoms with Gasteiger partial charge in [0, 0.05) is 6.42 Å². The average molecular weight is 274 g/mol. The van der Waals surface area contributed by atoms with Gasteiger partial charge >= 0.3 is 0 Å². The van der Waals surface area contributed by atoms with E-state index in [1.807, 2.05) is 0 Å². The first-order valence-corrected chi connectivity index (χ1v) is 7.70. The lowest BCUT2D eigenvalue weighted by Gasteiger charge is -2.13. The van der Waals surface area contributed by atoms with Crippen LogP contribution in [-0.2, 0) is 6.42 Å². The van der Waals surface area contributed by atoms with Gasteiger partial charge in [0.05, 0.1) is 0 Å². The van der Waals surface area contributed by atoms with Crippen molar-refractivity contribution in [2.24, 2.45) is 11.7 Å². The van der Waals surface area contributed by atoms with Crippen molar-refractivity contribution < 1.29 is 4.42 Å². The van der Waals surface area contributed by atoms with Gasteiger partial charge in [0.2, 0.25) is 0 Å². The van der Waals surface area contributed by atoms with E-state index in [0.717, 1.165) is 42.8 Å². The number of rotatable bonds is 7. The molecule has 0 saturated carbocycles. The van der Waals surface area contributed by atoms with Gasteiger partial charge < -0.3 is 10.2 Å². The Labute approximate surface area is 121 Å². The summed E-state index contributed by atoms with van der Waals surface area (Å²) in [7, 11) is 0. The van der Waals surface area contributed by atoms with Gasteiger partial charge in [-0.1, -0.05) is 25.8 Å². The second-order valence-electron chi connectivity index (χ2n) is 5.81. The summed E-state index contributed by atoms with van der Waals surface area (Å²) >= 11 is 0. The lowest BCUT2D eigenvalue weighted by Crippen LogP contribution is -2.09. The van der Waals surface area contributed by atoms with Crippen molar-refractivity contribution in [2.75, 3.05) is 6.54 Å². The number of nitrogens with two attached hydrogens (primary N) is 1. The van der Waals surface area contributed by atoms with Crippen LogP contribution in [0.15, 0.2) is 16.5 Å². The van der Waals surface area contributed by atoms with E-state index in [-0.39, 0.29) is 0 Å². The van der Waals surface area contributed by atoms with E-state index in [4.69, 9.17) is 10.2 Å². The Bertz CT molecular complexity index is 553. The minimum atomic E-state index is 0.697. The summed E-state index contributed by atoms with van der Waals surface area (Å²) in [5.41, 5.74) is 10.0. The van der Waals surface area contributed by atoms with Crippen LogP contribution >= 0.6 is 0 Å². The smallest absolute Gasteiger partial charge is 0.195 e. The van der Waals surface area contributed by atoms with E-state index in [9.17, 15) is 0 Å². The van der Waals surface area contributed by atoms with Gasteiger partial charge in [0.15, 0.2) is 11.5 Å². The molecule has 0 fully saturated rings. The third-order valence-electron chi connectivity index (χ3n) is 3.90. The van der Waals surface area contributed by atoms with E-state index in [1.165, 1.54) is 24.0 Å². The van der Waals surface area contributed by atoms with Crippen LogP contribution in [0.5, 0.6) is 0 Å². The SMILES string of the molecule is CCCC(CCN)CCc1nc2cc(C)cc(C)c2o1. The Balaban J connectivity index is 2.08. The number of hydrogen-bond acceptors (Lipinski definition) is 3. The van der Waals surface area contributed by atoms with Crippen LogP contribution in [0.3, 0.4) is 0 Å². The predicted octanol–water partition coefficient (Wildman–Crippen LogP) is 4.14. The summed E-state index contributed by atoms with van der Waals surface area (Å²) in [4.78, 5) is 4.63. The highest BCUT2D eigenvalue weighted by Gasteiger charge is 2.12. The molecule has 1 atom stereocenters. The standard InChI is InChI=1S/C17H26N2O/c1-4-5-14(8-9-18)6-7-16-19-15-11-12(2)10-13(3)17(15)20-16/h10-11,14H,4-9,18H2,1-3H3. The lowest BCUT2D eigenvalue weighted by atomic mass is 9.94. The first-order chi connectivity index (χ1) is 9.63. The minimum Gasteiger partial charge on any atom is -0.440 e. The van der Waals surface area contributed by atoms with Gasteiger partial charge in [-0.05, 0) is 56.3 Å². The summed E-state index contributed by atoms with van der Waals surface area (Å²) in [6, 6.07) is 4.24. The van der Waals surface area contributed by atoms with E-state index >= 15 is 0 Å². The quantitative estimate of drug-likeness (QED) is 0.825. The van der Waals surface area contributed by atoms with Gasteiger partial charge in [-0.25, -0.2) is 4.98 Å². The summed E-state index contributed by atoms with van der Waals surface area (Å²) in [5.74, 6) is 1.56. The van der Waals surface area contributed by atoms with Crippen molar-refractivity contribution in [3.05, 3.63) is 29.2 Å². The van der Waals surface area contributed by atoms with Gasteiger partial charge in [-0.2, -0.15) is 0 Å². The van der Waals surface area contributed by atoms with Crippen molar-refractivity contribution in [3.8, 4) is 0 Å². The molecule has 0 aliphatic rings. The van der Waals surface area contributed by atoms with Crippen LogP contribution in [-0.4, -0.2) is 11.5 Å². The lowest BCUT2D eigenvalue weighted by molar-refractivity contribution is 0.398. The third-order valence-corrected chi connectivity index (χ3v) is 3.90. The zero-order valence-corrected chi connectivity index (χ0v) is 12.9. The number of benzene rings is 1. The second kappa shape index (κ2) is 6.89. The number of oxazole rings is 1. The fraction of sp³-hybridized carbons (Fsp3) is 0.588. The Morgan fingerprint density at radius 1 is 1.20 bits per heavy atom. The van der Waals surface area contributed by atoms with Crippen molar-refractivity contribution >= 4 is 11.1 Å². The van der Waals surface area contributed by atoms with Crippen LogP contribution in [0.1, 0.15) is 49.6 Å². The molecule has 0 spiro atoms. The molecule has 0 aliphatic carbocycles. The molecule has 1 aromatic heterocycles. The van der Waals surface area contributed by atoms with Crippen molar-refractivity contribution in [1.29, 1.82) is 0 Å². The molecular formula is C17H26N2O. The Hall–Kier alpha value is -1.35. The molecule has 2 N–H and O–H groups in total. The van der Waals surface area contributed by atoms with Crippen molar-refractivity contribution in [3.63, 3.8) is 0 Å². The highest BCUT2D eigenvalue weighted by Crippen LogP contribution is 2.24. The maximum Gasteiger partial charge on any atom is 0.195 e. The molecule has 20 heavy (non-hydrogen) atoms. The number of nitrogens with zero attached hydrogens (tertiary/aromatic N) is 1. The fourth-order valence-corrected chi connectivity index (χ4v) is 2.93. The van der Waals surface area contributed by atoms with Crippen molar-refractivity contribution in [2.45, 2.75) is 52.9 Å². The van der Waals surface area contributed by atoms with Crippen LogP contribution < -0.4 is 5.73 Å². The van der Waals surface area contributed by atoms with Gasteiger partial charge in [0.25, 0.3) is 0 Å². The molecule has 0 amide bonds. The van der Waals surface area contributed by atoms with Gasteiger partial charge in [-0.15, -0.1) is 0 Å². The maximum atomic E-state index is 5.92. The molecule has 0 aliphatic heterocycles. The average Bonchev–Trinajstić information content (AvgIpc) is 2.79. The number of fused-ring (bicyclic) bond motifs is 1. The predicted molar refractivity (Wildman–Crippen MR) is 83.9 cm³/mol. The molecule has 0 radical (unpaired) electrons. The Morgan fingerprint density at radius 3 is 2.70 bits per heavy atom. The molecule has 0 bridgehead atoms. The molecule has 110 valence electrons. The largest absolute Gasteiger partial charge is 0.440 e. The van der Waals surface area contributed by atoms with E-state index in [0.29, 0.717) is 5.92 Å². The normalized spacial score (nSPS) is 13.0. The topological polar surface area (TPSA) is 52.0 Å².